The molecule has 3 heteroatoms. The van der Waals surface area contributed by atoms with Crippen LogP contribution in [0.15, 0.2) is 0 Å². The van der Waals surface area contributed by atoms with Gasteiger partial charge < -0.3 is 0 Å². The average Bonchev–Trinajstić information content (AvgIpc) is 2.79. The molecule has 1 unspecified atom stereocenters. The van der Waals surface area contributed by atoms with E-state index in [1.807, 2.05) is 0 Å². The predicted molar refractivity (Wildman–Crippen MR) is 77.0 cm³/mol. The topological polar surface area (TPSA) is 30.7 Å². The summed E-state index contributed by atoms with van der Waals surface area (Å²) in [6.45, 7) is 11.4. The van der Waals surface area contributed by atoms with E-state index < -0.39 is 0 Å². The predicted octanol–water partition coefficient (Wildman–Crippen LogP) is 3.43. The van der Waals surface area contributed by atoms with Crippen LogP contribution in [-0.2, 0) is 18.4 Å². The highest BCUT2D eigenvalue weighted by molar-refractivity contribution is 5.16. The van der Waals surface area contributed by atoms with E-state index in [-0.39, 0.29) is 5.54 Å². The molecule has 0 radical (unpaired) electrons. The van der Waals surface area contributed by atoms with Crippen LogP contribution in [0.1, 0.15) is 58.8 Å². The summed E-state index contributed by atoms with van der Waals surface area (Å²) in [5, 5.41) is 8.87. The first kappa shape index (κ1) is 13.1. The van der Waals surface area contributed by atoms with Crippen molar-refractivity contribution in [3.8, 4) is 0 Å². The van der Waals surface area contributed by atoms with Gasteiger partial charge >= 0.3 is 0 Å². The molecule has 2 aliphatic rings. The minimum atomic E-state index is 0.0557. The highest BCUT2D eigenvalue weighted by Crippen LogP contribution is 2.56. The number of hydrogen-bond donors (Lipinski definition) is 0. The summed E-state index contributed by atoms with van der Waals surface area (Å²) in [7, 11) is 0. The molecule has 0 saturated heterocycles. The van der Waals surface area contributed by atoms with E-state index in [2.05, 4.69) is 49.6 Å². The maximum Gasteiger partial charge on any atom is 0.0859 e. The van der Waals surface area contributed by atoms with Crippen LogP contribution in [-0.4, -0.2) is 15.0 Å². The van der Waals surface area contributed by atoms with E-state index in [0.29, 0.717) is 0 Å². The number of aryl methyl sites for hydroxylation is 1. The fraction of sp³-hybridized carbons (Fsp3) is 0.875. The minimum absolute atomic E-state index is 0.0557. The van der Waals surface area contributed by atoms with E-state index in [0.717, 1.165) is 30.1 Å². The second-order valence-electron chi connectivity index (χ2n) is 7.79. The Labute approximate surface area is 116 Å². The lowest BCUT2D eigenvalue weighted by Gasteiger charge is -2.22. The Bertz CT molecular complexity index is 467. The molecule has 1 aromatic rings. The Morgan fingerprint density at radius 2 is 1.74 bits per heavy atom. The molecule has 0 bridgehead atoms. The summed E-state index contributed by atoms with van der Waals surface area (Å²) in [5.74, 6) is 3.76. The van der Waals surface area contributed by atoms with E-state index >= 15 is 0 Å². The third kappa shape index (κ3) is 2.21. The van der Waals surface area contributed by atoms with Gasteiger partial charge in [0.1, 0.15) is 0 Å². The zero-order valence-electron chi connectivity index (χ0n) is 13.0. The molecule has 3 atom stereocenters. The largest absolute Gasteiger partial charge is 0.244 e. The van der Waals surface area contributed by atoms with Gasteiger partial charge in [-0.15, -0.1) is 5.10 Å². The van der Waals surface area contributed by atoms with Gasteiger partial charge in [0.2, 0.25) is 0 Å². The van der Waals surface area contributed by atoms with Crippen molar-refractivity contribution in [2.45, 2.75) is 65.8 Å². The van der Waals surface area contributed by atoms with Crippen LogP contribution in [0.25, 0.3) is 0 Å². The highest BCUT2D eigenvalue weighted by atomic mass is 15.5. The molecule has 0 amide bonds. The zero-order valence-corrected chi connectivity index (χ0v) is 13.0. The second kappa shape index (κ2) is 4.32. The van der Waals surface area contributed by atoms with Gasteiger partial charge in [-0.3, -0.25) is 0 Å². The summed E-state index contributed by atoms with van der Waals surface area (Å²) in [5.41, 5.74) is 2.73. The van der Waals surface area contributed by atoms with Crippen molar-refractivity contribution in [3.63, 3.8) is 0 Å². The average molecular weight is 261 g/mol. The van der Waals surface area contributed by atoms with E-state index in [1.54, 1.807) is 0 Å². The molecular formula is C16H27N3. The van der Waals surface area contributed by atoms with E-state index in [9.17, 15) is 0 Å². The van der Waals surface area contributed by atoms with Gasteiger partial charge in [-0.2, -0.15) is 0 Å². The maximum absolute atomic E-state index is 4.46. The lowest BCUT2D eigenvalue weighted by molar-refractivity contribution is 0.332. The molecule has 1 heterocycles. The Kier molecular flexibility index (Phi) is 2.99. The number of nitrogens with zero attached hydrogens (tertiary/aromatic N) is 3. The first-order valence-corrected chi connectivity index (χ1v) is 7.83. The lowest BCUT2D eigenvalue weighted by atomic mass is 10.00. The molecule has 0 spiro atoms. The van der Waals surface area contributed by atoms with Crippen molar-refractivity contribution < 1.29 is 0 Å². The Balaban J connectivity index is 1.82. The van der Waals surface area contributed by atoms with Crippen molar-refractivity contribution in [1.82, 2.24) is 15.0 Å². The van der Waals surface area contributed by atoms with Crippen LogP contribution in [0, 0.1) is 23.7 Å². The zero-order chi connectivity index (χ0) is 13.8. The fourth-order valence-corrected chi connectivity index (χ4v) is 4.20. The van der Waals surface area contributed by atoms with Crippen LogP contribution >= 0.6 is 0 Å². The van der Waals surface area contributed by atoms with Gasteiger partial charge in [-0.05, 0) is 70.1 Å². The standard InChI is InChI=1S/C16H27N3/c1-10(2)15-11-6-8-13-14(9-7-12(11)15)19(18-17-13)16(3,4)5/h10-12,15H,6-9H2,1-5H3/t11-,12+,15?/m1/s1. The molecule has 19 heavy (non-hydrogen) atoms. The molecule has 106 valence electrons. The maximum atomic E-state index is 4.46. The normalized spacial score (nSPS) is 30.5. The monoisotopic (exact) mass is 261 g/mol. The third-order valence-corrected chi connectivity index (χ3v) is 5.08. The van der Waals surface area contributed by atoms with Crippen molar-refractivity contribution in [1.29, 1.82) is 0 Å². The molecule has 3 nitrogen and oxygen atoms in total. The molecule has 0 aromatic carbocycles. The summed E-state index contributed by atoms with van der Waals surface area (Å²) >= 11 is 0. The van der Waals surface area contributed by atoms with E-state index in [4.69, 9.17) is 0 Å². The number of hydrogen-bond acceptors (Lipinski definition) is 2. The van der Waals surface area contributed by atoms with Crippen LogP contribution in [0.4, 0.5) is 0 Å². The lowest BCUT2D eigenvalue weighted by Crippen LogP contribution is -2.26. The van der Waals surface area contributed by atoms with Gasteiger partial charge in [0.25, 0.3) is 0 Å². The van der Waals surface area contributed by atoms with Gasteiger partial charge in [0.15, 0.2) is 0 Å². The van der Waals surface area contributed by atoms with Gasteiger partial charge in [0.05, 0.1) is 16.9 Å². The third-order valence-electron chi connectivity index (χ3n) is 5.08. The molecule has 1 fully saturated rings. The molecule has 0 aliphatic heterocycles. The quantitative estimate of drug-likeness (QED) is 0.775. The molecule has 2 aliphatic carbocycles. The fourth-order valence-electron chi connectivity index (χ4n) is 4.20. The van der Waals surface area contributed by atoms with Crippen LogP contribution in [0.2, 0.25) is 0 Å². The SMILES string of the molecule is CC(C)C1[C@H]2CCc3c(nnn3C(C)(C)C)CC[C@@H]12. The smallest absolute Gasteiger partial charge is 0.0859 e. The van der Waals surface area contributed by atoms with Crippen LogP contribution < -0.4 is 0 Å². The molecule has 3 rings (SSSR count). The highest BCUT2D eigenvalue weighted by Gasteiger charge is 2.50. The van der Waals surface area contributed by atoms with E-state index in [1.165, 1.54) is 30.7 Å². The number of aromatic nitrogens is 3. The Morgan fingerprint density at radius 1 is 1.11 bits per heavy atom. The van der Waals surface area contributed by atoms with Gasteiger partial charge in [0, 0.05) is 0 Å². The second-order valence-corrected chi connectivity index (χ2v) is 7.79. The van der Waals surface area contributed by atoms with Crippen molar-refractivity contribution >= 4 is 0 Å². The summed E-state index contributed by atoms with van der Waals surface area (Å²) in [6, 6.07) is 0. The van der Waals surface area contributed by atoms with Crippen molar-refractivity contribution in [2.24, 2.45) is 23.7 Å². The first-order valence-electron chi connectivity index (χ1n) is 7.83. The van der Waals surface area contributed by atoms with Gasteiger partial charge in [-0.25, -0.2) is 4.68 Å². The van der Waals surface area contributed by atoms with Gasteiger partial charge in [-0.1, -0.05) is 19.1 Å². The molecule has 1 saturated carbocycles. The number of rotatable bonds is 1. The number of fused-ring (bicyclic) bond motifs is 2. The molecule has 1 aromatic heterocycles. The summed E-state index contributed by atoms with van der Waals surface area (Å²) in [6.07, 6.45) is 4.97. The Morgan fingerprint density at radius 3 is 2.32 bits per heavy atom. The van der Waals surface area contributed by atoms with Crippen molar-refractivity contribution in [2.75, 3.05) is 0 Å². The van der Waals surface area contributed by atoms with Crippen molar-refractivity contribution in [3.05, 3.63) is 11.4 Å². The first-order chi connectivity index (χ1) is 8.89. The Hall–Kier alpha value is -0.860. The summed E-state index contributed by atoms with van der Waals surface area (Å²) < 4.78 is 2.16. The minimum Gasteiger partial charge on any atom is -0.244 e. The van der Waals surface area contributed by atoms with Crippen LogP contribution in [0.3, 0.4) is 0 Å². The summed E-state index contributed by atoms with van der Waals surface area (Å²) in [4.78, 5) is 0. The molecular weight excluding hydrogens is 234 g/mol. The van der Waals surface area contributed by atoms with Crippen LogP contribution in [0.5, 0.6) is 0 Å². The molecule has 0 N–H and O–H groups in total.